The molecule has 2 fully saturated rings. The Labute approximate surface area is 164 Å². The van der Waals surface area contributed by atoms with Crippen molar-refractivity contribution in [3.05, 3.63) is 28.7 Å². The lowest BCUT2D eigenvalue weighted by molar-refractivity contribution is -0.0208. The van der Waals surface area contributed by atoms with Gasteiger partial charge in [-0.25, -0.2) is 4.79 Å². The van der Waals surface area contributed by atoms with Gasteiger partial charge in [0.2, 0.25) is 0 Å². The van der Waals surface area contributed by atoms with Crippen LogP contribution in [0.1, 0.15) is 40.0 Å². The Bertz CT molecular complexity index is 606. The third-order valence-corrected chi connectivity index (χ3v) is 5.34. The van der Waals surface area contributed by atoms with Gasteiger partial charge in [0.05, 0.1) is 18.8 Å². The number of hydrogen-bond donors (Lipinski definition) is 0. The molecule has 26 heavy (non-hydrogen) atoms. The first-order valence-corrected chi connectivity index (χ1v) is 10.2. The van der Waals surface area contributed by atoms with Gasteiger partial charge in [-0.15, -0.1) is 0 Å². The minimum absolute atomic E-state index is 0.131. The van der Waals surface area contributed by atoms with E-state index in [0.29, 0.717) is 6.54 Å². The predicted molar refractivity (Wildman–Crippen MR) is 107 cm³/mol. The molecule has 2 aliphatic heterocycles. The van der Waals surface area contributed by atoms with Crippen LogP contribution in [-0.4, -0.2) is 55.0 Å². The third-order valence-electron chi connectivity index (χ3n) is 4.82. The van der Waals surface area contributed by atoms with Crippen LogP contribution in [0.3, 0.4) is 0 Å². The Morgan fingerprint density at radius 1 is 1.04 bits per heavy atom. The highest BCUT2D eigenvalue weighted by Gasteiger charge is 2.32. The summed E-state index contributed by atoms with van der Waals surface area (Å²) in [7, 11) is 0. The monoisotopic (exact) mass is 424 g/mol. The van der Waals surface area contributed by atoms with E-state index in [9.17, 15) is 4.79 Å². The van der Waals surface area contributed by atoms with Crippen LogP contribution >= 0.6 is 15.9 Å². The number of piperidine rings is 1. The maximum Gasteiger partial charge on any atom is 0.410 e. The minimum Gasteiger partial charge on any atom is -0.444 e. The van der Waals surface area contributed by atoms with Crippen molar-refractivity contribution in [2.45, 2.75) is 57.8 Å². The number of ether oxygens (including phenoxy) is 2. The quantitative estimate of drug-likeness (QED) is 0.718. The van der Waals surface area contributed by atoms with Crippen LogP contribution in [0.2, 0.25) is 0 Å². The van der Waals surface area contributed by atoms with E-state index in [0.717, 1.165) is 43.4 Å². The second-order valence-corrected chi connectivity index (χ2v) is 9.05. The van der Waals surface area contributed by atoms with Gasteiger partial charge in [-0.2, -0.15) is 0 Å². The zero-order valence-electron chi connectivity index (χ0n) is 15.9. The Morgan fingerprint density at radius 2 is 1.65 bits per heavy atom. The van der Waals surface area contributed by atoms with Gasteiger partial charge in [-0.05, 0) is 64.3 Å². The van der Waals surface area contributed by atoms with E-state index >= 15 is 0 Å². The first-order valence-electron chi connectivity index (χ1n) is 9.44. The van der Waals surface area contributed by atoms with E-state index in [4.69, 9.17) is 9.47 Å². The number of likely N-dealkylation sites (tertiary alicyclic amines) is 1. The average Bonchev–Trinajstić information content (AvgIpc) is 3.04. The summed E-state index contributed by atoms with van der Waals surface area (Å²) in [6.45, 7) is 9.07. The Hall–Kier alpha value is -1.27. The number of amides is 1. The van der Waals surface area contributed by atoms with E-state index in [1.54, 1.807) is 4.90 Å². The van der Waals surface area contributed by atoms with Crippen molar-refractivity contribution in [3.8, 4) is 0 Å². The molecule has 5 nitrogen and oxygen atoms in total. The first kappa shape index (κ1) is 19.5. The molecule has 144 valence electrons. The van der Waals surface area contributed by atoms with Crippen LogP contribution in [-0.2, 0) is 9.47 Å². The number of benzene rings is 1. The molecule has 3 rings (SSSR count). The molecule has 1 unspecified atom stereocenters. The number of halogens is 1. The van der Waals surface area contributed by atoms with Gasteiger partial charge in [0.15, 0.2) is 0 Å². The standard InChI is InChI=1S/C20H29BrN2O3/c1-20(2,3)26-19(24)23-13-10-18(14-23)25-17-8-11-22(12-9-17)16-6-4-15(21)5-7-16/h4-7,17-18H,8-14H2,1-3H3. The zero-order chi connectivity index (χ0) is 18.7. The van der Waals surface area contributed by atoms with Crippen LogP contribution in [0, 0.1) is 0 Å². The number of hydrogen-bond acceptors (Lipinski definition) is 4. The Morgan fingerprint density at radius 3 is 2.27 bits per heavy atom. The highest BCUT2D eigenvalue weighted by molar-refractivity contribution is 9.10. The molecular weight excluding hydrogens is 396 g/mol. The third kappa shape index (κ3) is 5.36. The van der Waals surface area contributed by atoms with Crippen molar-refractivity contribution in [3.63, 3.8) is 0 Å². The van der Waals surface area contributed by atoms with Crippen LogP contribution in [0.4, 0.5) is 10.5 Å². The fraction of sp³-hybridized carbons (Fsp3) is 0.650. The lowest BCUT2D eigenvalue weighted by Gasteiger charge is -2.34. The van der Waals surface area contributed by atoms with Crippen LogP contribution in [0.15, 0.2) is 28.7 Å². The summed E-state index contributed by atoms with van der Waals surface area (Å²) in [5.41, 5.74) is 0.819. The summed E-state index contributed by atoms with van der Waals surface area (Å²) in [5, 5.41) is 0. The van der Waals surface area contributed by atoms with Gasteiger partial charge in [0.25, 0.3) is 0 Å². The van der Waals surface area contributed by atoms with E-state index in [1.165, 1.54) is 5.69 Å². The van der Waals surface area contributed by atoms with Gasteiger partial charge < -0.3 is 19.3 Å². The van der Waals surface area contributed by atoms with Crippen molar-refractivity contribution < 1.29 is 14.3 Å². The maximum atomic E-state index is 12.2. The van der Waals surface area contributed by atoms with E-state index in [2.05, 4.69) is 45.1 Å². The second kappa shape index (κ2) is 8.17. The van der Waals surface area contributed by atoms with Gasteiger partial charge in [-0.1, -0.05) is 15.9 Å². The fourth-order valence-corrected chi connectivity index (χ4v) is 3.77. The van der Waals surface area contributed by atoms with Gasteiger partial charge >= 0.3 is 6.09 Å². The number of nitrogens with zero attached hydrogens (tertiary/aromatic N) is 2. The molecule has 2 aliphatic rings. The molecule has 1 aromatic rings. The molecule has 1 atom stereocenters. The summed E-state index contributed by atoms with van der Waals surface area (Å²) in [6, 6.07) is 8.48. The van der Waals surface area contributed by atoms with E-state index in [1.807, 2.05) is 20.8 Å². The molecule has 1 amide bonds. The molecule has 1 aromatic carbocycles. The van der Waals surface area contributed by atoms with Crippen molar-refractivity contribution in [1.82, 2.24) is 4.90 Å². The average molecular weight is 425 g/mol. The lowest BCUT2D eigenvalue weighted by Crippen LogP contribution is -2.39. The number of rotatable bonds is 3. The molecule has 0 N–H and O–H groups in total. The minimum atomic E-state index is -0.449. The highest BCUT2D eigenvalue weighted by Crippen LogP contribution is 2.25. The predicted octanol–water partition coefficient (Wildman–Crippen LogP) is 4.44. The van der Waals surface area contributed by atoms with Gasteiger partial charge in [-0.3, -0.25) is 0 Å². The summed E-state index contributed by atoms with van der Waals surface area (Å²) in [6.07, 6.45) is 3.13. The Balaban J connectivity index is 1.42. The molecular formula is C20H29BrN2O3. The van der Waals surface area contributed by atoms with E-state index in [-0.39, 0.29) is 18.3 Å². The summed E-state index contributed by atoms with van der Waals surface area (Å²) in [4.78, 5) is 16.3. The molecule has 0 radical (unpaired) electrons. The molecule has 6 heteroatoms. The maximum absolute atomic E-state index is 12.2. The van der Waals surface area contributed by atoms with Crippen LogP contribution < -0.4 is 4.90 Å². The Kier molecular flexibility index (Phi) is 6.13. The lowest BCUT2D eigenvalue weighted by atomic mass is 10.1. The summed E-state index contributed by atoms with van der Waals surface area (Å²) < 4.78 is 12.8. The summed E-state index contributed by atoms with van der Waals surface area (Å²) in [5.74, 6) is 0. The van der Waals surface area contributed by atoms with Gasteiger partial charge in [0, 0.05) is 29.8 Å². The SMILES string of the molecule is CC(C)(C)OC(=O)N1CCC(OC2CCN(c3ccc(Br)cc3)CC2)C1. The van der Waals surface area contributed by atoms with Crippen LogP contribution in [0.25, 0.3) is 0 Å². The second-order valence-electron chi connectivity index (χ2n) is 8.14. The number of anilines is 1. The van der Waals surface area contributed by atoms with Crippen molar-refractivity contribution in [2.75, 3.05) is 31.1 Å². The van der Waals surface area contributed by atoms with E-state index < -0.39 is 5.60 Å². The molecule has 0 aliphatic carbocycles. The smallest absolute Gasteiger partial charge is 0.410 e. The highest BCUT2D eigenvalue weighted by atomic mass is 79.9. The van der Waals surface area contributed by atoms with Gasteiger partial charge in [0.1, 0.15) is 5.60 Å². The first-order chi connectivity index (χ1) is 12.3. The molecule has 2 heterocycles. The largest absolute Gasteiger partial charge is 0.444 e. The molecule has 0 bridgehead atoms. The molecule has 0 saturated carbocycles. The van der Waals surface area contributed by atoms with Crippen molar-refractivity contribution in [1.29, 1.82) is 0 Å². The topological polar surface area (TPSA) is 42.0 Å². The summed E-state index contributed by atoms with van der Waals surface area (Å²) >= 11 is 3.48. The zero-order valence-corrected chi connectivity index (χ0v) is 17.5. The fourth-order valence-electron chi connectivity index (χ4n) is 3.51. The van der Waals surface area contributed by atoms with Crippen molar-refractivity contribution >= 4 is 27.7 Å². The molecule has 2 saturated heterocycles. The number of carbonyl (C=O) groups is 1. The molecule has 0 aromatic heterocycles. The normalized spacial score (nSPS) is 21.9. The van der Waals surface area contributed by atoms with Crippen molar-refractivity contribution in [2.24, 2.45) is 0 Å². The number of carbonyl (C=O) groups excluding carboxylic acids is 1. The molecule has 0 spiro atoms. The van der Waals surface area contributed by atoms with Crippen LogP contribution in [0.5, 0.6) is 0 Å².